The number of ether oxygens (including phenoxy) is 1. The molecule has 0 aliphatic carbocycles. The highest BCUT2D eigenvalue weighted by molar-refractivity contribution is 6.33. The van der Waals surface area contributed by atoms with Gasteiger partial charge < -0.3 is 14.7 Å². The second-order valence-corrected chi connectivity index (χ2v) is 5.93. The lowest BCUT2D eigenvalue weighted by Crippen LogP contribution is -2.41. The largest absolute Gasteiger partial charge is 0.396 e. The van der Waals surface area contributed by atoms with Gasteiger partial charge in [0.2, 0.25) is 0 Å². The molecule has 1 N–H and O–H groups in total. The molecule has 4 nitrogen and oxygen atoms in total. The Labute approximate surface area is 134 Å². The Morgan fingerprint density at radius 2 is 2.14 bits per heavy atom. The molecule has 0 spiro atoms. The molecule has 6 heteroatoms. The minimum Gasteiger partial charge on any atom is -0.396 e. The summed E-state index contributed by atoms with van der Waals surface area (Å²) >= 11 is 5.99. The Balaban J connectivity index is 1.94. The number of hydrogen-bond donors (Lipinski definition) is 1. The third-order valence-corrected chi connectivity index (χ3v) is 4.18. The molecule has 1 aliphatic heterocycles. The summed E-state index contributed by atoms with van der Waals surface area (Å²) in [5.41, 5.74) is 0.759. The van der Waals surface area contributed by atoms with Gasteiger partial charge in [0.15, 0.2) is 0 Å². The summed E-state index contributed by atoms with van der Waals surface area (Å²) < 4.78 is 19.1. The summed E-state index contributed by atoms with van der Waals surface area (Å²) in [4.78, 5) is 14.2. The number of carbonyl (C=O) groups excluding carboxylic acids is 1. The third kappa shape index (κ3) is 4.18. The minimum absolute atomic E-state index is 0.125. The summed E-state index contributed by atoms with van der Waals surface area (Å²) in [7, 11) is 0. The number of aliphatic hydroxyl groups excluding tert-OH is 1. The molecule has 0 radical (unpaired) electrons. The van der Waals surface area contributed by atoms with Crippen molar-refractivity contribution in [1.82, 2.24) is 4.90 Å². The summed E-state index contributed by atoms with van der Waals surface area (Å²) in [6, 6.07) is 2.69. The van der Waals surface area contributed by atoms with E-state index >= 15 is 0 Å². The fourth-order valence-electron chi connectivity index (χ4n) is 2.53. The second kappa shape index (κ2) is 7.90. The van der Waals surface area contributed by atoms with Crippen molar-refractivity contribution in [2.75, 3.05) is 26.3 Å². The summed E-state index contributed by atoms with van der Waals surface area (Å²) in [6.45, 7) is 3.46. The SMILES string of the molecule is Cc1cc(C(=O)N2CCC(OCCCO)CC2)c(Cl)cc1F. The van der Waals surface area contributed by atoms with E-state index in [1.165, 1.54) is 12.1 Å². The van der Waals surface area contributed by atoms with E-state index in [9.17, 15) is 9.18 Å². The number of aryl methyl sites for hydroxylation is 1. The first kappa shape index (κ1) is 17.2. The van der Waals surface area contributed by atoms with Crippen molar-refractivity contribution in [1.29, 1.82) is 0 Å². The van der Waals surface area contributed by atoms with Gasteiger partial charge in [-0.2, -0.15) is 0 Å². The molecule has 22 heavy (non-hydrogen) atoms. The van der Waals surface area contributed by atoms with E-state index in [0.29, 0.717) is 37.2 Å². The van der Waals surface area contributed by atoms with Gasteiger partial charge in [0.1, 0.15) is 5.82 Å². The lowest BCUT2D eigenvalue weighted by atomic mass is 10.0. The quantitative estimate of drug-likeness (QED) is 0.845. The zero-order valence-electron chi connectivity index (χ0n) is 12.6. The van der Waals surface area contributed by atoms with E-state index in [4.69, 9.17) is 21.4 Å². The first-order valence-corrected chi connectivity index (χ1v) is 7.88. The van der Waals surface area contributed by atoms with Crippen LogP contribution >= 0.6 is 11.6 Å². The van der Waals surface area contributed by atoms with E-state index in [1.54, 1.807) is 11.8 Å². The molecule has 1 saturated heterocycles. The topological polar surface area (TPSA) is 49.8 Å². The van der Waals surface area contributed by atoms with Crippen molar-refractivity contribution < 1.29 is 19.0 Å². The van der Waals surface area contributed by atoms with Crippen LogP contribution in [0.4, 0.5) is 4.39 Å². The lowest BCUT2D eigenvalue weighted by Gasteiger charge is -2.32. The number of benzene rings is 1. The zero-order chi connectivity index (χ0) is 16.1. The van der Waals surface area contributed by atoms with Crippen molar-refractivity contribution in [3.63, 3.8) is 0 Å². The smallest absolute Gasteiger partial charge is 0.255 e. The van der Waals surface area contributed by atoms with E-state index in [2.05, 4.69) is 0 Å². The van der Waals surface area contributed by atoms with Crippen LogP contribution in [0.2, 0.25) is 5.02 Å². The molecule has 122 valence electrons. The predicted octanol–water partition coefficient (Wildman–Crippen LogP) is 2.79. The van der Waals surface area contributed by atoms with Crippen LogP contribution < -0.4 is 0 Å². The summed E-state index contributed by atoms with van der Waals surface area (Å²) in [6.07, 6.45) is 2.27. The number of nitrogens with zero attached hydrogens (tertiary/aromatic N) is 1. The maximum atomic E-state index is 13.4. The Morgan fingerprint density at radius 3 is 2.77 bits per heavy atom. The highest BCUT2D eigenvalue weighted by Crippen LogP contribution is 2.24. The fourth-order valence-corrected chi connectivity index (χ4v) is 2.76. The molecule has 1 heterocycles. The first-order chi connectivity index (χ1) is 10.5. The molecule has 1 aromatic rings. The maximum absolute atomic E-state index is 13.4. The Bertz CT molecular complexity index is 530. The molecule has 2 rings (SSSR count). The molecule has 0 bridgehead atoms. The number of piperidine rings is 1. The van der Waals surface area contributed by atoms with Gasteiger partial charge in [-0.15, -0.1) is 0 Å². The molecule has 0 aromatic heterocycles. The third-order valence-electron chi connectivity index (χ3n) is 3.86. The Morgan fingerprint density at radius 1 is 1.45 bits per heavy atom. The van der Waals surface area contributed by atoms with Crippen LogP contribution in [0.3, 0.4) is 0 Å². The van der Waals surface area contributed by atoms with Gasteiger partial charge in [0.05, 0.1) is 16.7 Å². The van der Waals surface area contributed by atoms with E-state index in [1.807, 2.05) is 0 Å². The van der Waals surface area contributed by atoms with Crippen LogP contribution in [0.1, 0.15) is 35.2 Å². The van der Waals surface area contributed by atoms with Gasteiger partial charge in [-0.3, -0.25) is 4.79 Å². The standard InChI is InChI=1S/C16H21ClFNO3/c1-11-9-13(14(17)10-15(11)18)16(21)19-5-3-12(4-6-19)22-8-2-7-20/h9-10,12,20H,2-8H2,1H3. The van der Waals surface area contributed by atoms with Crippen molar-refractivity contribution in [3.05, 3.63) is 34.1 Å². The molecule has 1 fully saturated rings. The van der Waals surface area contributed by atoms with Gasteiger partial charge >= 0.3 is 0 Å². The van der Waals surface area contributed by atoms with Crippen molar-refractivity contribution in [2.45, 2.75) is 32.3 Å². The predicted molar refractivity (Wildman–Crippen MR) is 82.7 cm³/mol. The molecular formula is C16H21ClFNO3. The molecule has 1 aromatic carbocycles. The van der Waals surface area contributed by atoms with Crippen LogP contribution in [-0.2, 0) is 4.74 Å². The van der Waals surface area contributed by atoms with Crippen LogP contribution in [0, 0.1) is 12.7 Å². The Kier molecular flexibility index (Phi) is 6.17. The Hall–Kier alpha value is -1.17. The van der Waals surface area contributed by atoms with Crippen LogP contribution in [-0.4, -0.2) is 48.3 Å². The minimum atomic E-state index is -0.405. The van der Waals surface area contributed by atoms with Crippen molar-refractivity contribution in [2.24, 2.45) is 0 Å². The zero-order valence-corrected chi connectivity index (χ0v) is 13.4. The van der Waals surface area contributed by atoms with Gasteiger partial charge in [0.25, 0.3) is 5.91 Å². The van der Waals surface area contributed by atoms with Crippen molar-refractivity contribution >= 4 is 17.5 Å². The van der Waals surface area contributed by atoms with Gasteiger partial charge in [0, 0.05) is 26.3 Å². The number of carbonyl (C=O) groups is 1. The summed E-state index contributed by atoms with van der Waals surface area (Å²) in [5, 5.41) is 8.88. The van der Waals surface area contributed by atoms with Gasteiger partial charge in [-0.05, 0) is 43.9 Å². The maximum Gasteiger partial charge on any atom is 0.255 e. The monoisotopic (exact) mass is 329 g/mol. The highest BCUT2D eigenvalue weighted by Gasteiger charge is 2.25. The van der Waals surface area contributed by atoms with Gasteiger partial charge in [-0.25, -0.2) is 4.39 Å². The highest BCUT2D eigenvalue weighted by atomic mass is 35.5. The van der Waals surface area contributed by atoms with E-state index in [0.717, 1.165) is 12.8 Å². The number of halogens is 2. The van der Waals surface area contributed by atoms with Crippen LogP contribution in [0.25, 0.3) is 0 Å². The number of likely N-dealkylation sites (tertiary alicyclic amines) is 1. The number of hydrogen-bond acceptors (Lipinski definition) is 3. The van der Waals surface area contributed by atoms with Gasteiger partial charge in [-0.1, -0.05) is 11.6 Å². The normalized spacial score (nSPS) is 16.1. The lowest BCUT2D eigenvalue weighted by molar-refractivity contribution is 0.00398. The molecule has 0 unspecified atom stereocenters. The summed E-state index contributed by atoms with van der Waals surface area (Å²) in [5.74, 6) is -0.570. The van der Waals surface area contributed by atoms with E-state index in [-0.39, 0.29) is 23.6 Å². The molecule has 1 aliphatic rings. The molecule has 1 amide bonds. The molecular weight excluding hydrogens is 309 g/mol. The average molecular weight is 330 g/mol. The average Bonchev–Trinajstić information content (AvgIpc) is 2.51. The second-order valence-electron chi connectivity index (χ2n) is 5.52. The van der Waals surface area contributed by atoms with Crippen LogP contribution in [0.5, 0.6) is 0 Å². The number of rotatable bonds is 5. The molecule has 0 atom stereocenters. The van der Waals surface area contributed by atoms with E-state index < -0.39 is 5.82 Å². The fraction of sp³-hybridized carbons (Fsp3) is 0.562. The van der Waals surface area contributed by atoms with Crippen molar-refractivity contribution in [3.8, 4) is 0 Å². The number of amides is 1. The first-order valence-electron chi connectivity index (χ1n) is 7.50. The molecule has 0 saturated carbocycles. The van der Waals surface area contributed by atoms with Crippen LogP contribution in [0.15, 0.2) is 12.1 Å². The number of aliphatic hydroxyl groups is 1.